The van der Waals surface area contributed by atoms with Crippen molar-refractivity contribution >= 4 is 33.0 Å². The molecular formula is C17H17ClN2O6S. The SMILES string of the molecule is CCOc1cc2c(cc1NS(=O)(=O)c1ccc(Cl)c([N+](=O)[O-])c1)O[C@@H](C)C2. The molecule has 1 heterocycles. The Bertz CT molecular complexity index is 1010. The summed E-state index contributed by atoms with van der Waals surface area (Å²) < 4.78 is 39.1. The van der Waals surface area contributed by atoms with Crippen LogP contribution in [-0.4, -0.2) is 26.1 Å². The Morgan fingerprint density at radius 1 is 1.37 bits per heavy atom. The van der Waals surface area contributed by atoms with Crippen molar-refractivity contribution in [1.29, 1.82) is 0 Å². The van der Waals surface area contributed by atoms with E-state index in [1.54, 1.807) is 19.1 Å². The first-order chi connectivity index (χ1) is 12.7. The number of halogens is 1. The van der Waals surface area contributed by atoms with E-state index in [0.29, 0.717) is 24.5 Å². The van der Waals surface area contributed by atoms with E-state index in [0.717, 1.165) is 11.6 Å². The van der Waals surface area contributed by atoms with Gasteiger partial charge >= 0.3 is 0 Å². The van der Waals surface area contributed by atoms with Gasteiger partial charge in [0.25, 0.3) is 15.7 Å². The summed E-state index contributed by atoms with van der Waals surface area (Å²) in [5, 5.41) is 10.9. The third-order valence-corrected chi connectivity index (χ3v) is 5.65. The third kappa shape index (κ3) is 3.93. The summed E-state index contributed by atoms with van der Waals surface area (Å²) in [7, 11) is -4.11. The second kappa shape index (κ2) is 7.24. The topological polar surface area (TPSA) is 108 Å². The van der Waals surface area contributed by atoms with Crippen LogP contribution in [-0.2, 0) is 16.4 Å². The number of nitrogens with one attached hydrogen (secondary N) is 1. The molecule has 2 aromatic rings. The Hall–Kier alpha value is -2.52. The van der Waals surface area contributed by atoms with Crippen LogP contribution >= 0.6 is 11.6 Å². The molecule has 0 aromatic heterocycles. The van der Waals surface area contributed by atoms with Crippen molar-refractivity contribution in [3.05, 3.63) is 51.0 Å². The number of anilines is 1. The Balaban J connectivity index is 2.00. The quantitative estimate of drug-likeness (QED) is 0.571. The van der Waals surface area contributed by atoms with Crippen molar-refractivity contribution in [3.63, 3.8) is 0 Å². The molecule has 10 heteroatoms. The van der Waals surface area contributed by atoms with Gasteiger partial charge in [0, 0.05) is 24.1 Å². The molecule has 0 unspecified atom stereocenters. The highest BCUT2D eigenvalue weighted by Gasteiger charge is 2.25. The molecule has 0 radical (unpaired) electrons. The normalized spacial score (nSPS) is 15.7. The van der Waals surface area contributed by atoms with Crippen molar-refractivity contribution in [1.82, 2.24) is 0 Å². The lowest BCUT2D eigenvalue weighted by Gasteiger charge is -2.14. The highest BCUT2D eigenvalue weighted by atomic mass is 35.5. The van der Waals surface area contributed by atoms with E-state index in [-0.39, 0.29) is 21.7 Å². The van der Waals surface area contributed by atoms with E-state index < -0.39 is 20.6 Å². The summed E-state index contributed by atoms with van der Waals surface area (Å²) in [5.74, 6) is 0.937. The van der Waals surface area contributed by atoms with Gasteiger partial charge < -0.3 is 9.47 Å². The molecule has 3 rings (SSSR count). The van der Waals surface area contributed by atoms with Crippen LogP contribution in [0, 0.1) is 10.1 Å². The van der Waals surface area contributed by atoms with Crippen molar-refractivity contribution in [2.45, 2.75) is 31.3 Å². The lowest BCUT2D eigenvalue weighted by molar-refractivity contribution is -0.384. The number of hydrogen-bond acceptors (Lipinski definition) is 6. The minimum atomic E-state index is -4.11. The maximum Gasteiger partial charge on any atom is 0.289 e. The minimum absolute atomic E-state index is 0.0137. The van der Waals surface area contributed by atoms with Gasteiger partial charge in [0.15, 0.2) is 0 Å². The van der Waals surface area contributed by atoms with Gasteiger partial charge in [0.1, 0.15) is 22.6 Å². The van der Waals surface area contributed by atoms with Crippen LogP contribution in [0.25, 0.3) is 0 Å². The number of hydrogen-bond donors (Lipinski definition) is 1. The minimum Gasteiger partial charge on any atom is -0.492 e. The Labute approximate surface area is 161 Å². The molecule has 0 saturated carbocycles. The zero-order chi connectivity index (χ0) is 19.8. The second-order valence-electron chi connectivity index (χ2n) is 6.00. The highest BCUT2D eigenvalue weighted by molar-refractivity contribution is 7.92. The van der Waals surface area contributed by atoms with Gasteiger partial charge in [-0.2, -0.15) is 0 Å². The Kier molecular flexibility index (Phi) is 5.16. The molecule has 1 aliphatic heterocycles. The lowest BCUT2D eigenvalue weighted by atomic mass is 10.1. The summed E-state index contributed by atoms with van der Waals surface area (Å²) >= 11 is 5.75. The fourth-order valence-corrected chi connectivity index (χ4v) is 4.06. The maximum absolute atomic E-state index is 12.7. The molecule has 0 bridgehead atoms. The molecule has 0 amide bonds. The van der Waals surface area contributed by atoms with Crippen molar-refractivity contribution in [2.24, 2.45) is 0 Å². The monoisotopic (exact) mass is 412 g/mol. The van der Waals surface area contributed by atoms with Gasteiger partial charge in [0.2, 0.25) is 0 Å². The summed E-state index contributed by atoms with van der Waals surface area (Å²) in [6.45, 7) is 4.04. The van der Waals surface area contributed by atoms with Crippen molar-refractivity contribution in [2.75, 3.05) is 11.3 Å². The summed E-state index contributed by atoms with van der Waals surface area (Å²) in [6.07, 6.45) is 0.687. The van der Waals surface area contributed by atoms with E-state index in [4.69, 9.17) is 21.1 Å². The fourth-order valence-electron chi connectivity index (χ4n) is 2.80. The predicted molar refractivity (Wildman–Crippen MR) is 100 cm³/mol. The number of rotatable bonds is 6. The molecule has 0 aliphatic carbocycles. The maximum atomic E-state index is 12.7. The summed E-state index contributed by atoms with van der Waals surface area (Å²) in [6, 6.07) is 6.59. The Morgan fingerprint density at radius 2 is 2.11 bits per heavy atom. The molecule has 2 aromatic carbocycles. The number of nitro benzene ring substituents is 1. The number of ether oxygens (including phenoxy) is 2. The van der Waals surface area contributed by atoms with Gasteiger partial charge in [-0.3, -0.25) is 14.8 Å². The van der Waals surface area contributed by atoms with Crippen LogP contribution < -0.4 is 14.2 Å². The van der Waals surface area contributed by atoms with Gasteiger partial charge in [-0.15, -0.1) is 0 Å². The molecule has 0 saturated heterocycles. The molecule has 1 atom stereocenters. The van der Waals surface area contributed by atoms with Gasteiger partial charge in [-0.05, 0) is 32.0 Å². The second-order valence-corrected chi connectivity index (χ2v) is 8.09. The molecule has 0 fully saturated rings. The number of sulfonamides is 1. The average Bonchev–Trinajstić information content (AvgIpc) is 2.94. The van der Waals surface area contributed by atoms with Gasteiger partial charge in [0.05, 0.1) is 22.1 Å². The molecular weight excluding hydrogens is 396 g/mol. The first kappa shape index (κ1) is 19.2. The van der Waals surface area contributed by atoms with E-state index >= 15 is 0 Å². The predicted octanol–water partition coefficient (Wildman–Crippen LogP) is 3.77. The molecule has 144 valence electrons. The number of nitro groups is 1. The van der Waals surface area contributed by atoms with Crippen LogP contribution in [0.2, 0.25) is 5.02 Å². The van der Waals surface area contributed by atoms with Gasteiger partial charge in [-0.1, -0.05) is 11.6 Å². The number of nitrogens with zero attached hydrogens (tertiary/aromatic N) is 1. The molecule has 27 heavy (non-hydrogen) atoms. The third-order valence-electron chi connectivity index (χ3n) is 3.97. The van der Waals surface area contributed by atoms with Crippen molar-refractivity contribution < 1.29 is 22.8 Å². The summed E-state index contributed by atoms with van der Waals surface area (Å²) in [5.41, 5.74) is 0.633. The lowest BCUT2D eigenvalue weighted by Crippen LogP contribution is -2.14. The molecule has 8 nitrogen and oxygen atoms in total. The van der Waals surface area contributed by atoms with Crippen molar-refractivity contribution in [3.8, 4) is 11.5 Å². The smallest absolute Gasteiger partial charge is 0.289 e. The van der Waals surface area contributed by atoms with Crippen LogP contribution in [0.15, 0.2) is 35.2 Å². The average molecular weight is 413 g/mol. The first-order valence-corrected chi connectivity index (χ1v) is 10.0. The zero-order valence-electron chi connectivity index (χ0n) is 14.6. The van der Waals surface area contributed by atoms with Gasteiger partial charge in [-0.25, -0.2) is 8.42 Å². The molecule has 0 spiro atoms. The Morgan fingerprint density at radius 3 is 2.78 bits per heavy atom. The first-order valence-electron chi connectivity index (χ1n) is 8.14. The van der Waals surface area contributed by atoms with E-state index in [9.17, 15) is 18.5 Å². The van der Waals surface area contributed by atoms with Crippen LogP contribution in [0.3, 0.4) is 0 Å². The fraction of sp³-hybridized carbons (Fsp3) is 0.294. The van der Waals surface area contributed by atoms with Crippen LogP contribution in [0.4, 0.5) is 11.4 Å². The molecule has 1 N–H and O–H groups in total. The zero-order valence-corrected chi connectivity index (χ0v) is 16.1. The van der Waals surface area contributed by atoms with E-state index in [2.05, 4.69) is 4.72 Å². The molecule has 1 aliphatic rings. The van der Waals surface area contributed by atoms with Crippen LogP contribution in [0.1, 0.15) is 19.4 Å². The van der Waals surface area contributed by atoms with E-state index in [1.165, 1.54) is 12.1 Å². The number of fused-ring (bicyclic) bond motifs is 1. The van der Waals surface area contributed by atoms with E-state index in [1.807, 2.05) is 6.92 Å². The largest absolute Gasteiger partial charge is 0.492 e. The van der Waals surface area contributed by atoms with Crippen LogP contribution in [0.5, 0.6) is 11.5 Å². The highest BCUT2D eigenvalue weighted by Crippen LogP contribution is 2.39. The summed E-state index contributed by atoms with van der Waals surface area (Å²) in [4.78, 5) is 10.0. The standard InChI is InChI=1S/C17H17ClN2O6S/c1-3-25-17-7-11-6-10(2)26-16(11)9-14(17)19-27(23,24)12-4-5-13(18)15(8-12)20(21)22/h4-5,7-10,19H,3,6H2,1-2H3/t10-/m0/s1. The number of benzene rings is 2.